The van der Waals surface area contributed by atoms with Crippen molar-refractivity contribution in [3.05, 3.63) is 34.9 Å². The van der Waals surface area contributed by atoms with Crippen molar-refractivity contribution >= 4 is 11.9 Å². The number of cyclic esters (lactones) is 2. The Morgan fingerprint density at radius 2 is 1.76 bits per heavy atom. The molecular formula is C14H16O3. The Bertz CT molecular complexity index is 449. The second kappa shape index (κ2) is 5.13. The first-order valence-electron chi connectivity index (χ1n) is 6.12. The Hall–Kier alpha value is -1.64. The Kier molecular flexibility index (Phi) is 3.57. The molecule has 0 aromatic heterocycles. The van der Waals surface area contributed by atoms with E-state index in [0.29, 0.717) is 11.1 Å². The van der Waals surface area contributed by atoms with Crippen LogP contribution in [0.3, 0.4) is 0 Å². The van der Waals surface area contributed by atoms with Crippen molar-refractivity contribution in [2.45, 2.75) is 39.0 Å². The topological polar surface area (TPSA) is 43.4 Å². The molecular weight excluding hydrogens is 216 g/mol. The van der Waals surface area contributed by atoms with Gasteiger partial charge < -0.3 is 4.74 Å². The summed E-state index contributed by atoms with van der Waals surface area (Å²) in [4.78, 5) is 22.6. The second-order valence-corrected chi connectivity index (χ2v) is 4.37. The van der Waals surface area contributed by atoms with E-state index >= 15 is 0 Å². The van der Waals surface area contributed by atoms with Gasteiger partial charge in [0.25, 0.3) is 0 Å². The third-order valence-electron chi connectivity index (χ3n) is 3.03. The van der Waals surface area contributed by atoms with Gasteiger partial charge in [0.05, 0.1) is 11.1 Å². The van der Waals surface area contributed by atoms with Crippen molar-refractivity contribution in [2.75, 3.05) is 0 Å². The minimum absolute atomic E-state index is 0.396. The Morgan fingerprint density at radius 1 is 1.00 bits per heavy atom. The fraction of sp³-hybridized carbons (Fsp3) is 0.429. The Labute approximate surface area is 101 Å². The summed E-state index contributed by atoms with van der Waals surface area (Å²) in [5, 5.41) is 0. The molecule has 0 saturated heterocycles. The van der Waals surface area contributed by atoms with Gasteiger partial charge >= 0.3 is 11.9 Å². The number of aryl methyl sites for hydroxylation is 1. The van der Waals surface area contributed by atoms with E-state index in [1.807, 2.05) is 6.07 Å². The quantitative estimate of drug-likeness (QED) is 0.445. The van der Waals surface area contributed by atoms with Crippen LogP contribution in [-0.2, 0) is 11.2 Å². The third kappa shape index (κ3) is 2.54. The zero-order chi connectivity index (χ0) is 12.3. The van der Waals surface area contributed by atoms with Gasteiger partial charge in [-0.3, -0.25) is 0 Å². The van der Waals surface area contributed by atoms with Crippen LogP contribution in [0.2, 0.25) is 0 Å². The first-order valence-corrected chi connectivity index (χ1v) is 6.12. The number of carbonyl (C=O) groups excluding carboxylic acids is 2. The number of fused-ring (bicyclic) bond motifs is 1. The van der Waals surface area contributed by atoms with Gasteiger partial charge in [-0.2, -0.15) is 0 Å². The summed E-state index contributed by atoms with van der Waals surface area (Å²) in [6.45, 7) is 2.18. The van der Waals surface area contributed by atoms with Crippen molar-refractivity contribution in [1.29, 1.82) is 0 Å². The maximum absolute atomic E-state index is 11.4. The van der Waals surface area contributed by atoms with E-state index in [0.717, 1.165) is 18.4 Å². The normalized spacial score (nSPS) is 13.7. The lowest BCUT2D eigenvalue weighted by atomic mass is 10.0. The van der Waals surface area contributed by atoms with Gasteiger partial charge in [-0.05, 0) is 30.5 Å². The molecule has 0 radical (unpaired) electrons. The van der Waals surface area contributed by atoms with Crippen LogP contribution < -0.4 is 0 Å². The minimum atomic E-state index is -0.525. The van der Waals surface area contributed by atoms with Crippen LogP contribution in [0.5, 0.6) is 0 Å². The zero-order valence-electron chi connectivity index (χ0n) is 9.99. The molecule has 0 bridgehead atoms. The highest BCUT2D eigenvalue weighted by molar-refractivity contribution is 6.14. The molecule has 17 heavy (non-hydrogen) atoms. The molecule has 90 valence electrons. The fourth-order valence-corrected chi connectivity index (χ4v) is 2.04. The molecule has 0 spiro atoms. The summed E-state index contributed by atoms with van der Waals surface area (Å²) in [5.74, 6) is -1.04. The van der Waals surface area contributed by atoms with Crippen molar-refractivity contribution in [3.63, 3.8) is 0 Å². The molecule has 1 aliphatic rings. The predicted molar refractivity (Wildman–Crippen MR) is 64.0 cm³/mol. The number of hydrogen-bond acceptors (Lipinski definition) is 3. The number of esters is 2. The summed E-state index contributed by atoms with van der Waals surface area (Å²) in [6, 6.07) is 5.39. The lowest BCUT2D eigenvalue weighted by molar-refractivity contribution is 0.0444. The average Bonchev–Trinajstić information content (AvgIpc) is 2.61. The number of carbonyl (C=O) groups is 2. The van der Waals surface area contributed by atoms with Gasteiger partial charge in [-0.15, -0.1) is 0 Å². The van der Waals surface area contributed by atoms with Gasteiger partial charge in [-0.25, -0.2) is 9.59 Å². The van der Waals surface area contributed by atoms with Crippen molar-refractivity contribution < 1.29 is 14.3 Å². The van der Waals surface area contributed by atoms with Crippen molar-refractivity contribution in [2.24, 2.45) is 0 Å². The van der Waals surface area contributed by atoms with Crippen LogP contribution in [0.25, 0.3) is 0 Å². The number of ether oxygens (including phenoxy) is 1. The predicted octanol–water partition coefficient (Wildman–Crippen LogP) is 3.12. The molecule has 2 rings (SSSR count). The first kappa shape index (κ1) is 11.8. The van der Waals surface area contributed by atoms with E-state index in [1.54, 1.807) is 12.1 Å². The van der Waals surface area contributed by atoms with Gasteiger partial charge in [0.2, 0.25) is 0 Å². The van der Waals surface area contributed by atoms with Gasteiger partial charge in [0.1, 0.15) is 0 Å². The monoisotopic (exact) mass is 232 g/mol. The van der Waals surface area contributed by atoms with E-state index in [4.69, 9.17) is 0 Å². The van der Waals surface area contributed by atoms with Crippen LogP contribution in [0.4, 0.5) is 0 Å². The highest BCUT2D eigenvalue weighted by Crippen LogP contribution is 2.22. The molecule has 0 atom stereocenters. The van der Waals surface area contributed by atoms with Gasteiger partial charge in [0, 0.05) is 0 Å². The smallest absolute Gasteiger partial charge is 0.346 e. The molecule has 0 amide bonds. The summed E-state index contributed by atoms with van der Waals surface area (Å²) >= 11 is 0. The van der Waals surface area contributed by atoms with Crippen LogP contribution in [0, 0.1) is 0 Å². The number of rotatable bonds is 5. The summed E-state index contributed by atoms with van der Waals surface area (Å²) in [6.07, 6.45) is 5.73. The largest absolute Gasteiger partial charge is 0.386 e. The lowest BCUT2D eigenvalue weighted by Crippen LogP contribution is -1.97. The Morgan fingerprint density at radius 3 is 2.53 bits per heavy atom. The lowest BCUT2D eigenvalue weighted by Gasteiger charge is -2.02. The van der Waals surface area contributed by atoms with Crippen LogP contribution >= 0.6 is 0 Å². The van der Waals surface area contributed by atoms with E-state index in [9.17, 15) is 9.59 Å². The molecule has 0 aliphatic carbocycles. The Balaban J connectivity index is 2.04. The minimum Gasteiger partial charge on any atom is -0.386 e. The van der Waals surface area contributed by atoms with Crippen molar-refractivity contribution in [3.8, 4) is 0 Å². The third-order valence-corrected chi connectivity index (χ3v) is 3.03. The van der Waals surface area contributed by atoms with Crippen LogP contribution in [0.1, 0.15) is 58.9 Å². The first-order chi connectivity index (χ1) is 8.22. The zero-order valence-corrected chi connectivity index (χ0v) is 9.99. The molecule has 1 aliphatic heterocycles. The molecule has 0 fully saturated rings. The van der Waals surface area contributed by atoms with Crippen LogP contribution in [0.15, 0.2) is 18.2 Å². The molecule has 3 nitrogen and oxygen atoms in total. The van der Waals surface area contributed by atoms with E-state index < -0.39 is 11.9 Å². The highest BCUT2D eigenvalue weighted by atomic mass is 16.6. The molecule has 0 unspecified atom stereocenters. The summed E-state index contributed by atoms with van der Waals surface area (Å²) in [5.41, 5.74) is 1.92. The molecule has 1 aromatic carbocycles. The standard InChI is InChI=1S/C14H16O3/c1-2-3-4-5-6-10-7-8-11-12(9-10)14(16)17-13(11)15/h7-9H,2-6H2,1H3. The van der Waals surface area contributed by atoms with Crippen LogP contribution in [-0.4, -0.2) is 11.9 Å². The van der Waals surface area contributed by atoms with Gasteiger partial charge in [0.15, 0.2) is 0 Å². The van der Waals surface area contributed by atoms with Gasteiger partial charge in [-0.1, -0.05) is 32.3 Å². The summed E-state index contributed by atoms with van der Waals surface area (Å²) in [7, 11) is 0. The molecule has 0 saturated carbocycles. The van der Waals surface area contributed by atoms with E-state index in [-0.39, 0.29) is 0 Å². The maximum Gasteiger partial charge on any atom is 0.346 e. The molecule has 3 heteroatoms. The molecule has 1 aromatic rings. The number of benzene rings is 1. The molecule has 1 heterocycles. The average molecular weight is 232 g/mol. The highest BCUT2D eigenvalue weighted by Gasteiger charge is 2.29. The van der Waals surface area contributed by atoms with E-state index in [1.165, 1.54) is 19.3 Å². The van der Waals surface area contributed by atoms with E-state index in [2.05, 4.69) is 11.7 Å². The maximum atomic E-state index is 11.4. The summed E-state index contributed by atoms with van der Waals surface area (Å²) < 4.78 is 4.55. The number of unbranched alkanes of at least 4 members (excludes halogenated alkanes) is 3. The molecule has 0 N–H and O–H groups in total. The fourth-order valence-electron chi connectivity index (χ4n) is 2.04. The second-order valence-electron chi connectivity index (χ2n) is 4.37. The number of hydrogen-bond donors (Lipinski definition) is 0. The van der Waals surface area contributed by atoms with Crippen molar-refractivity contribution in [1.82, 2.24) is 0 Å². The SMILES string of the molecule is CCCCCCc1ccc2c(c1)C(=O)OC2=O.